The molecule has 3 aromatic rings. The molecule has 0 spiro atoms. The number of carbonyl (C=O) groups is 2. The van der Waals surface area contributed by atoms with E-state index in [0.717, 1.165) is 35.4 Å². The Morgan fingerprint density at radius 3 is 2.64 bits per heavy atom. The maximum atomic E-state index is 15.2. The van der Waals surface area contributed by atoms with E-state index in [2.05, 4.69) is 29.4 Å². The standard InChI is InChI=1S/C26H27FN4O2/c1-14(15-5-7-16(8-6-15)24(32)28-4)31-13-18-9-17(10-20(27)22(18)25(31)33)23-19-11-26(2,3)12-21(19)29-30-23/h5-10,14H,11-13H2,1-4H3,(H,28,32)(H,29,30). The van der Waals surface area contributed by atoms with E-state index in [9.17, 15) is 9.59 Å². The fourth-order valence-corrected chi connectivity index (χ4v) is 5.11. The van der Waals surface area contributed by atoms with E-state index in [1.54, 1.807) is 24.1 Å². The van der Waals surface area contributed by atoms with E-state index in [-0.39, 0.29) is 28.8 Å². The Balaban J connectivity index is 1.44. The van der Waals surface area contributed by atoms with Crippen LogP contribution in [-0.2, 0) is 19.4 Å². The molecule has 1 unspecified atom stereocenters. The number of nitrogens with one attached hydrogen (secondary N) is 2. The first kappa shape index (κ1) is 21.4. The molecular formula is C26H27FN4O2. The minimum Gasteiger partial charge on any atom is -0.355 e. The van der Waals surface area contributed by atoms with Crippen molar-refractivity contribution in [3.05, 3.63) is 75.7 Å². The van der Waals surface area contributed by atoms with E-state index in [0.29, 0.717) is 23.2 Å². The van der Waals surface area contributed by atoms with Gasteiger partial charge in [-0.3, -0.25) is 14.7 Å². The van der Waals surface area contributed by atoms with Crippen molar-refractivity contribution in [2.24, 2.45) is 5.41 Å². The van der Waals surface area contributed by atoms with Gasteiger partial charge < -0.3 is 10.2 Å². The number of rotatable bonds is 4. The van der Waals surface area contributed by atoms with Crippen molar-refractivity contribution >= 4 is 11.8 Å². The molecule has 2 N–H and O–H groups in total. The second-order valence-corrected chi connectivity index (χ2v) is 9.85. The Hall–Kier alpha value is -3.48. The van der Waals surface area contributed by atoms with Gasteiger partial charge in [0.15, 0.2) is 0 Å². The van der Waals surface area contributed by atoms with Crippen LogP contribution in [0.3, 0.4) is 0 Å². The van der Waals surface area contributed by atoms with Gasteiger partial charge in [0.1, 0.15) is 5.82 Å². The largest absolute Gasteiger partial charge is 0.355 e. The number of hydrogen-bond acceptors (Lipinski definition) is 3. The van der Waals surface area contributed by atoms with Gasteiger partial charge in [-0.2, -0.15) is 5.10 Å². The number of aromatic amines is 1. The molecule has 7 heteroatoms. The van der Waals surface area contributed by atoms with Crippen LogP contribution in [0.1, 0.15) is 69.9 Å². The van der Waals surface area contributed by atoms with Crippen LogP contribution >= 0.6 is 0 Å². The van der Waals surface area contributed by atoms with E-state index in [1.807, 2.05) is 25.1 Å². The number of nitrogens with zero attached hydrogens (tertiary/aromatic N) is 2. The summed E-state index contributed by atoms with van der Waals surface area (Å²) in [6.07, 6.45) is 1.81. The zero-order chi connectivity index (χ0) is 23.5. The molecular weight excluding hydrogens is 419 g/mol. The predicted molar refractivity (Wildman–Crippen MR) is 123 cm³/mol. The summed E-state index contributed by atoms with van der Waals surface area (Å²) in [5.74, 6) is -0.988. The first-order valence-electron chi connectivity index (χ1n) is 11.2. The molecule has 5 rings (SSSR count). The third kappa shape index (κ3) is 3.52. The number of fused-ring (bicyclic) bond motifs is 2. The number of aromatic nitrogens is 2. The molecule has 1 aromatic heterocycles. The van der Waals surface area contributed by atoms with Crippen molar-refractivity contribution in [3.63, 3.8) is 0 Å². The van der Waals surface area contributed by atoms with Gasteiger partial charge in [-0.25, -0.2) is 4.39 Å². The molecule has 1 atom stereocenters. The highest BCUT2D eigenvalue weighted by Crippen LogP contribution is 2.41. The molecule has 1 aliphatic carbocycles. The first-order chi connectivity index (χ1) is 15.7. The summed E-state index contributed by atoms with van der Waals surface area (Å²) >= 11 is 0. The van der Waals surface area contributed by atoms with Crippen molar-refractivity contribution in [1.29, 1.82) is 0 Å². The van der Waals surface area contributed by atoms with Crippen LogP contribution in [0.15, 0.2) is 36.4 Å². The van der Waals surface area contributed by atoms with Crippen LogP contribution in [0.2, 0.25) is 0 Å². The summed E-state index contributed by atoms with van der Waals surface area (Å²) in [5.41, 5.74) is 6.15. The number of hydrogen-bond donors (Lipinski definition) is 2. The number of benzene rings is 2. The molecule has 2 heterocycles. The fraction of sp³-hybridized carbons (Fsp3) is 0.346. The predicted octanol–water partition coefficient (Wildman–Crippen LogP) is 4.42. The quantitative estimate of drug-likeness (QED) is 0.623. The topological polar surface area (TPSA) is 78.1 Å². The van der Waals surface area contributed by atoms with Gasteiger partial charge in [0.2, 0.25) is 0 Å². The Kier molecular flexibility index (Phi) is 4.88. The van der Waals surface area contributed by atoms with Gasteiger partial charge in [-0.05, 0) is 60.6 Å². The van der Waals surface area contributed by atoms with Crippen LogP contribution in [0, 0.1) is 11.2 Å². The summed E-state index contributed by atoms with van der Waals surface area (Å²) in [5, 5.41) is 10.2. The average Bonchev–Trinajstić information content (AvgIpc) is 3.42. The number of amides is 2. The van der Waals surface area contributed by atoms with Crippen molar-refractivity contribution in [1.82, 2.24) is 20.4 Å². The van der Waals surface area contributed by atoms with E-state index >= 15 is 4.39 Å². The zero-order valence-corrected chi connectivity index (χ0v) is 19.3. The molecule has 0 saturated heterocycles. The van der Waals surface area contributed by atoms with Gasteiger partial charge in [0.25, 0.3) is 11.8 Å². The summed E-state index contributed by atoms with van der Waals surface area (Å²) in [6, 6.07) is 10.2. The van der Waals surface area contributed by atoms with E-state index in [4.69, 9.17) is 0 Å². The highest BCUT2D eigenvalue weighted by Gasteiger charge is 2.36. The van der Waals surface area contributed by atoms with Crippen molar-refractivity contribution < 1.29 is 14.0 Å². The first-order valence-corrected chi connectivity index (χ1v) is 11.2. The monoisotopic (exact) mass is 446 g/mol. The molecule has 170 valence electrons. The average molecular weight is 447 g/mol. The van der Waals surface area contributed by atoms with Crippen molar-refractivity contribution in [2.45, 2.75) is 46.2 Å². The van der Waals surface area contributed by atoms with Crippen LogP contribution in [0.4, 0.5) is 4.39 Å². The lowest BCUT2D eigenvalue weighted by atomic mass is 9.89. The summed E-state index contributed by atoms with van der Waals surface area (Å²) in [7, 11) is 1.58. The van der Waals surface area contributed by atoms with Gasteiger partial charge in [0.05, 0.1) is 17.3 Å². The van der Waals surface area contributed by atoms with Gasteiger partial charge in [0, 0.05) is 36.0 Å². The molecule has 6 nitrogen and oxygen atoms in total. The number of carbonyl (C=O) groups excluding carboxylic acids is 2. The van der Waals surface area contributed by atoms with E-state index in [1.165, 1.54) is 6.07 Å². The molecule has 0 bridgehead atoms. The number of halogens is 1. The second kappa shape index (κ2) is 7.54. The minimum absolute atomic E-state index is 0.139. The van der Waals surface area contributed by atoms with Gasteiger partial charge >= 0.3 is 0 Å². The van der Waals surface area contributed by atoms with Crippen molar-refractivity contribution in [2.75, 3.05) is 7.05 Å². The lowest BCUT2D eigenvalue weighted by molar-refractivity contribution is 0.0712. The maximum Gasteiger partial charge on any atom is 0.257 e. The summed E-state index contributed by atoms with van der Waals surface area (Å²) in [6.45, 7) is 6.68. The third-order valence-electron chi connectivity index (χ3n) is 6.87. The third-order valence-corrected chi connectivity index (χ3v) is 6.87. The fourth-order valence-electron chi connectivity index (χ4n) is 5.11. The minimum atomic E-state index is -0.508. The highest BCUT2D eigenvalue weighted by molar-refractivity contribution is 5.99. The maximum absolute atomic E-state index is 15.2. The smallest absolute Gasteiger partial charge is 0.257 e. The number of H-pyrrole nitrogens is 1. The Bertz CT molecular complexity index is 1280. The molecule has 33 heavy (non-hydrogen) atoms. The lowest BCUT2D eigenvalue weighted by Gasteiger charge is -2.24. The highest BCUT2D eigenvalue weighted by atomic mass is 19.1. The zero-order valence-electron chi connectivity index (χ0n) is 19.3. The molecule has 2 aromatic carbocycles. The van der Waals surface area contributed by atoms with E-state index < -0.39 is 5.82 Å². The van der Waals surface area contributed by atoms with Crippen LogP contribution < -0.4 is 5.32 Å². The van der Waals surface area contributed by atoms with Gasteiger partial charge in [-0.1, -0.05) is 26.0 Å². The molecule has 2 amide bonds. The van der Waals surface area contributed by atoms with Gasteiger partial charge in [-0.15, -0.1) is 0 Å². The van der Waals surface area contributed by atoms with Crippen LogP contribution in [-0.4, -0.2) is 34.0 Å². The van der Waals surface area contributed by atoms with Crippen molar-refractivity contribution in [3.8, 4) is 11.3 Å². The van der Waals surface area contributed by atoms with Crippen LogP contribution in [0.25, 0.3) is 11.3 Å². The Labute approximate surface area is 192 Å². The molecule has 2 aliphatic rings. The summed E-state index contributed by atoms with van der Waals surface area (Å²) in [4.78, 5) is 26.6. The van der Waals surface area contributed by atoms with Crippen LogP contribution in [0.5, 0.6) is 0 Å². The SMILES string of the molecule is CNC(=O)c1ccc(C(C)N2Cc3cc(-c4n[nH]c5c4CC(C)(C)C5)cc(F)c3C2=O)cc1. The Morgan fingerprint density at radius 2 is 1.94 bits per heavy atom. The summed E-state index contributed by atoms with van der Waals surface area (Å²) < 4.78 is 15.2. The molecule has 0 fully saturated rings. The second-order valence-electron chi connectivity index (χ2n) is 9.85. The molecule has 0 radical (unpaired) electrons. The molecule has 0 saturated carbocycles. The Morgan fingerprint density at radius 1 is 1.21 bits per heavy atom. The normalized spacial score (nSPS) is 17.1. The molecule has 1 aliphatic heterocycles. The lowest BCUT2D eigenvalue weighted by Crippen LogP contribution is -2.27.